The molecule has 0 aromatic heterocycles. The Bertz CT molecular complexity index is 191. The predicted molar refractivity (Wildman–Crippen MR) is 58.1 cm³/mol. The van der Waals surface area contributed by atoms with Gasteiger partial charge in [-0.05, 0) is 43.4 Å². The highest BCUT2D eigenvalue weighted by Gasteiger charge is 2.38. The largest absolute Gasteiger partial charge is 0.126 e. The Hall–Kier alpha value is 0.0300. The van der Waals surface area contributed by atoms with Gasteiger partial charge < -0.3 is 0 Å². The summed E-state index contributed by atoms with van der Waals surface area (Å²) < 4.78 is 0. The zero-order chi connectivity index (χ0) is 9.15. The number of alkyl halides is 1. The van der Waals surface area contributed by atoms with Crippen LogP contribution in [0.4, 0.5) is 0 Å². The van der Waals surface area contributed by atoms with Gasteiger partial charge in [-0.15, -0.1) is 11.6 Å². The molecule has 2 aliphatic rings. The SMILES string of the molecule is ClCC1(C2CCCC2)CC=CCC1. The first-order chi connectivity index (χ1) is 6.37. The molecule has 1 atom stereocenters. The van der Waals surface area contributed by atoms with Gasteiger partial charge in [-0.25, -0.2) is 0 Å². The molecule has 1 heteroatoms. The molecule has 1 fully saturated rings. The van der Waals surface area contributed by atoms with Crippen LogP contribution in [0.1, 0.15) is 44.9 Å². The Morgan fingerprint density at radius 3 is 2.54 bits per heavy atom. The van der Waals surface area contributed by atoms with Crippen molar-refractivity contribution in [3.8, 4) is 0 Å². The standard InChI is InChI=1S/C12H19Cl/c13-10-12(8-4-1-5-9-12)11-6-2-3-7-11/h1,4,11H,2-3,5-10H2. The molecule has 1 saturated carbocycles. The molecule has 13 heavy (non-hydrogen) atoms. The maximum absolute atomic E-state index is 6.18. The zero-order valence-electron chi connectivity index (χ0n) is 8.27. The molecule has 0 aromatic rings. The van der Waals surface area contributed by atoms with E-state index < -0.39 is 0 Å². The van der Waals surface area contributed by atoms with Crippen molar-refractivity contribution in [1.29, 1.82) is 0 Å². The quantitative estimate of drug-likeness (QED) is 0.462. The van der Waals surface area contributed by atoms with E-state index >= 15 is 0 Å². The van der Waals surface area contributed by atoms with E-state index in [9.17, 15) is 0 Å². The molecule has 0 amide bonds. The average Bonchev–Trinajstić information content (AvgIpc) is 2.72. The Labute approximate surface area is 86.4 Å². The maximum Gasteiger partial charge on any atom is 0.0285 e. The van der Waals surface area contributed by atoms with E-state index in [-0.39, 0.29) is 0 Å². The number of hydrogen-bond acceptors (Lipinski definition) is 0. The van der Waals surface area contributed by atoms with Gasteiger partial charge in [0.05, 0.1) is 0 Å². The summed E-state index contributed by atoms with van der Waals surface area (Å²) in [6.07, 6.45) is 14.2. The summed E-state index contributed by atoms with van der Waals surface area (Å²) in [5.41, 5.74) is 0.479. The first-order valence-electron chi connectivity index (χ1n) is 5.58. The van der Waals surface area contributed by atoms with Crippen LogP contribution in [0.5, 0.6) is 0 Å². The van der Waals surface area contributed by atoms with Crippen LogP contribution in [0, 0.1) is 11.3 Å². The van der Waals surface area contributed by atoms with Crippen molar-refractivity contribution >= 4 is 11.6 Å². The fourth-order valence-corrected chi connectivity index (χ4v) is 3.51. The van der Waals surface area contributed by atoms with Crippen LogP contribution >= 0.6 is 11.6 Å². The van der Waals surface area contributed by atoms with Gasteiger partial charge in [0, 0.05) is 5.88 Å². The molecule has 0 aromatic carbocycles. The molecule has 0 N–H and O–H groups in total. The van der Waals surface area contributed by atoms with Gasteiger partial charge in [-0.1, -0.05) is 25.0 Å². The highest BCUT2D eigenvalue weighted by Crippen LogP contribution is 2.48. The third kappa shape index (κ3) is 1.79. The van der Waals surface area contributed by atoms with Crippen LogP contribution < -0.4 is 0 Å². The monoisotopic (exact) mass is 198 g/mol. The maximum atomic E-state index is 6.18. The van der Waals surface area contributed by atoms with Gasteiger partial charge in [0.2, 0.25) is 0 Å². The first-order valence-corrected chi connectivity index (χ1v) is 6.12. The molecule has 0 aliphatic heterocycles. The number of hydrogen-bond donors (Lipinski definition) is 0. The normalized spacial score (nSPS) is 35.5. The molecule has 0 radical (unpaired) electrons. The Kier molecular flexibility index (Phi) is 2.98. The van der Waals surface area contributed by atoms with Crippen LogP contribution in [0.15, 0.2) is 12.2 Å². The van der Waals surface area contributed by atoms with Crippen LogP contribution in [0.25, 0.3) is 0 Å². The summed E-state index contributed by atoms with van der Waals surface area (Å²) in [6.45, 7) is 0. The van der Waals surface area contributed by atoms with Crippen molar-refractivity contribution in [2.24, 2.45) is 11.3 Å². The van der Waals surface area contributed by atoms with Crippen LogP contribution in [-0.2, 0) is 0 Å². The van der Waals surface area contributed by atoms with Crippen molar-refractivity contribution in [2.75, 3.05) is 5.88 Å². The Balaban J connectivity index is 2.08. The summed E-state index contributed by atoms with van der Waals surface area (Å²) in [4.78, 5) is 0. The summed E-state index contributed by atoms with van der Waals surface area (Å²) >= 11 is 6.18. The molecule has 0 nitrogen and oxygen atoms in total. The third-order valence-electron chi connectivity index (χ3n) is 3.99. The molecular formula is C12H19Cl. The molecule has 2 rings (SSSR count). The van der Waals surface area contributed by atoms with E-state index in [1.54, 1.807) is 0 Å². The van der Waals surface area contributed by atoms with Gasteiger partial charge in [-0.3, -0.25) is 0 Å². The lowest BCUT2D eigenvalue weighted by Crippen LogP contribution is -2.32. The molecule has 2 aliphatic carbocycles. The predicted octanol–water partition coefficient (Wildman–Crippen LogP) is 4.14. The summed E-state index contributed by atoms with van der Waals surface area (Å²) in [7, 11) is 0. The van der Waals surface area contributed by atoms with E-state index in [0.717, 1.165) is 11.8 Å². The molecule has 1 unspecified atom stereocenters. The van der Waals surface area contributed by atoms with E-state index in [1.165, 1.54) is 44.9 Å². The Morgan fingerprint density at radius 1 is 1.23 bits per heavy atom. The molecule has 0 spiro atoms. The van der Waals surface area contributed by atoms with E-state index in [4.69, 9.17) is 11.6 Å². The zero-order valence-corrected chi connectivity index (χ0v) is 9.02. The van der Waals surface area contributed by atoms with Crippen molar-refractivity contribution in [1.82, 2.24) is 0 Å². The van der Waals surface area contributed by atoms with Gasteiger partial charge in [0.1, 0.15) is 0 Å². The first kappa shape index (κ1) is 9.58. The molecule has 0 heterocycles. The summed E-state index contributed by atoms with van der Waals surface area (Å²) in [5.74, 6) is 1.80. The minimum Gasteiger partial charge on any atom is -0.126 e. The van der Waals surface area contributed by atoms with E-state index in [1.807, 2.05) is 0 Å². The van der Waals surface area contributed by atoms with Crippen LogP contribution in [-0.4, -0.2) is 5.88 Å². The van der Waals surface area contributed by atoms with Crippen LogP contribution in [0.2, 0.25) is 0 Å². The number of rotatable bonds is 2. The molecule has 0 saturated heterocycles. The highest BCUT2D eigenvalue weighted by molar-refractivity contribution is 6.18. The average molecular weight is 199 g/mol. The molecular weight excluding hydrogens is 180 g/mol. The minimum atomic E-state index is 0.479. The lowest BCUT2D eigenvalue weighted by molar-refractivity contribution is 0.174. The topological polar surface area (TPSA) is 0 Å². The molecule has 0 bridgehead atoms. The minimum absolute atomic E-state index is 0.479. The van der Waals surface area contributed by atoms with E-state index in [2.05, 4.69) is 12.2 Å². The van der Waals surface area contributed by atoms with Gasteiger partial charge in [0.25, 0.3) is 0 Å². The lowest BCUT2D eigenvalue weighted by Gasteiger charge is -2.38. The van der Waals surface area contributed by atoms with Crippen LogP contribution in [0.3, 0.4) is 0 Å². The van der Waals surface area contributed by atoms with Gasteiger partial charge >= 0.3 is 0 Å². The lowest BCUT2D eigenvalue weighted by atomic mass is 9.68. The highest BCUT2D eigenvalue weighted by atomic mass is 35.5. The van der Waals surface area contributed by atoms with E-state index in [0.29, 0.717) is 5.41 Å². The Morgan fingerprint density at radius 2 is 2.00 bits per heavy atom. The van der Waals surface area contributed by atoms with Crippen molar-refractivity contribution < 1.29 is 0 Å². The summed E-state index contributed by atoms with van der Waals surface area (Å²) in [5, 5.41) is 0. The van der Waals surface area contributed by atoms with Crippen molar-refractivity contribution in [3.05, 3.63) is 12.2 Å². The van der Waals surface area contributed by atoms with Gasteiger partial charge in [0.15, 0.2) is 0 Å². The second-order valence-electron chi connectivity index (χ2n) is 4.69. The number of halogens is 1. The smallest absolute Gasteiger partial charge is 0.0285 e. The van der Waals surface area contributed by atoms with Crippen molar-refractivity contribution in [3.63, 3.8) is 0 Å². The fourth-order valence-electron chi connectivity index (χ4n) is 3.05. The second kappa shape index (κ2) is 4.04. The third-order valence-corrected chi connectivity index (χ3v) is 4.52. The van der Waals surface area contributed by atoms with Crippen molar-refractivity contribution in [2.45, 2.75) is 44.9 Å². The second-order valence-corrected chi connectivity index (χ2v) is 4.96. The fraction of sp³-hybridized carbons (Fsp3) is 0.833. The number of allylic oxidation sites excluding steroid dienone is 2. The summed E-state index contributed by atoms with van der Waals surface area (Å²) in [6, 6.07) is 0. The van der Waals surface area contributed by atoms with Gasteiger partial charge in [-0.2, -0.15) is 0 Å². The molecule has 74 valence electrons.